The summed E-state index contributed by atoms with van der Waals surface area (Å²) in [7, 11) is 0. The first-order chi connectivity index (χ1) is 36.4. The van der Waals surface area contributed by atoms with Crippen LogP contribution in [0.4, 0.5) is 27.3 Å². The van der Waals surface area contributed by atoms with Crippen molar-refractivity contribution >= 4 is 63.4 Å². The van der Waals surface area contributed by atoms with E-state index in [9.17, 15) is 19.2 Å². The summed E-state index contributed by atoms with van der Waals surface area (Å²) in [6.07, 6.45) is 13.8. The maximum atomic E-state index is 15.3. The number of imidazole rings is 1. The van der Waals surface area contributed by atoms with E-state index in [0.717, 1.165) is 85.4 Å². The molecule has 6 fully saturated rings. The molecule has 6 aliphatic heterocycles. The monoisotopic (exact) mass is 1020 g/mol. The van der Waals surface area contributed by atoms with Crippen molar-refractivity contribution in [2.75, 3.05) is 67.5 Å². The van der Waals surface area contributed by atoms with E-state index in [-0.39, 0.29) is 59.3 Å². The molecule has 2 aromatic carbocycles. The average molecular weight is 1020 g/mol. The molecule has 1 spiro atoms. The number of rotatable bonds is 10. The molecule has 1 aliphatic carbocycles. The zero-order chi connectivity index (χ0) is 51.5. The number of nitrogens with one attached hydrogen (secondary N) is 2. The second-order valence-corrected chi connectivity index (χ2v) is 22.6. The Kier molecular flexibility index (Phi) is 13.2. The zero-order valence-electron chi connectivity index (χ0n) is 43.2. The fourth-order valence-corrected chi connectivity index (χ4v) is 13.4. The van der Waals surface area contributed by atoms with Crippen LogP contribution in [0, 0.1) is 17.7 Å². The molecule has 1 unspecified atom stereocenters. The summed E-state index contributed by atoms with van der Waals surface area (Å²) in [6, 6.07) is 19.4. The van der Waals surface area contributed by atoms with E-state index in [1.165, 1.54) is 25.3 Å². The minimum absolute atomic E-state index is 0.0740. The van der Waals surface area contributed by atoms with E-state index in [1.807, 2.05) is 32.6 Å². The van der Waals surface area contributed by atoms with Crippen LogP contribution >= 0.6 is 0 Å². The number of nitrogens with zero attached hydrogens (tertiary/aromatic N) is 9. The van der Waals surface area contributed by atoms with Gasteiger partial charge in [-0.2, -0.15) is 0 Å². The molecule has 5 amide bonds. The molecule has 12 rings (SSSR count). The number of halogens is 1. The third-order valence-electron chi connectivity index (χ3n) is 18.0. The van der Waals surface area contributed by atoms with Gasteiger partial charge in [-0.15, -0.1) is 0 Å². The highest BCUT2D eigenvalue weighted by Crippen LogP contribution is 2.52. The lowest BCUT2D eigenvalue weighted by molar-refractivity contribution is -0.144. The molecule has 3 aromatic heterocycles. The number of likely N-dealkylation sites (tertiary alicyclic amines) is 3. The predicted octanol–water partition coefficient (Wildman–Crippen LogP) is 7.86. The van der Waals surface area contributed by atoms with Crippen molar-refractivity contribution in [3.63, 3.8) is 0 Å². The van der Waals surface area contributed by atoms with Crippen LogP contribution in [0.2, 0.25) is 0 Å². The largest absolute Gasteiger partial charge is 0.370 e. The Morgan fingerprint density at radius 1 is 0.773 bits per heavy atom. The molecule has 16 nitrogen and oxygen atoms in total. The third-order valence-corrected chi connectivity index (χ3v) is 18.0. The van der Waals surface area contributed by atoms with Crippen LogP contribution in [0.1, 0.15) is 121 Å². The number of anilines is 4. The van der Waals surface area contributed by atoms with Gasteiger partial charge in [-0.05, 0) is 140 Å². The Morgan fingerprint density at radius 2 is 1.48 bits per heavy atom. The smallest absolute Gasteiger partial charge is 0.238 e. The number of pyridine rings is 2. The molecular weight excluding hydrogens is 950 g/mol. The van der Waals surface area contributed by atoms with Crippen molar-refractivity contribution in [3.05, 3.63) is 90.3 Å². The number of piperidine rings is 5. The molecule has 5 saturated heterocycles. The van der Waals surface area contributed by atoms with Crippen LogP contribution in [0.3, 0.4) is 0 Å². The fraction of sp³-hybridized carbons (Fsp3) is 0.517. The molecule has 1 atom stereocenters. The topological polar surface area (TPSA) is 169 Å². The van der Waals surface area contributed by atoms with Crippen LogP contribution in [-0.4, -0.2) is 128 Å². The number of para-hydroxylation sites is 1. The molecule has 0 radical (unpaired) electrons. The van der Waals surface area contributed by atoms with Crippen molar-refractivity contribution in [2.45, 2.75) is 127 Å². The molecular formula is C58H68FN11O5. The Hall–Kier alpha value is -6.75. The highest BCUT2D eigenvalue weighted by atomic mass is 19.1. The van der Waals surface area contributed by atoms with Crippen molar-refractivity contribution in [2.24, 2.45) is 11.8 Å². The van der Waals surface area contributed by atoms with Gasteiger partial charge in [0.1, 0.15) is 11.3 Å². The zero-order valence-corrected chi connectivity index (χ0v) is 43.2. The number of benzene rings is 2. The molecule has 392 valence electrons. The first-order valence-corrected chi connectivity index (χ1v) is 27.7. The van der Waals surface area contributed by atoms with Gasteiger partial charge >= 0.3 is 0 Å². The van der Waals surface area contributed by atoms with Gasteiger partial charge in [0.2, 0.25) is 29.5 Å². The molecule has 1 saturated carbocycles. The van der Waals surface area contributed by atoms with E-state index in [0.29, 0.717) is 93.6 Å². The van der Waals surface area contributed by atoms with Crippen molar-refractivity contribution in [1.29, 1.82) is 0 Å². The summed E-state index contributed by atoms with van der Waals surface area (Å²) in [6.45, 7) is 9.95. The Morgan fingerprint density at radius 3 is 2.16 bits per heavy atom. The number of fused-ring (bicyclic) bond motifs is 3. The Labute approximate surface area is 437 Å². The number of carbonyl (C=O) groups excluding carboxylic acids is 5. The lowest BCUT2D eigenvalue weighted by Crippen LogP contribution is -2.58. The number of aromatic nitrogens is 4. The lowest BCUT2D eigenvalue weighted by atomic mass is 9.73. The average Bonchev–Trinajstić information content (AvgIpc) is 3.96. The second-order valence-electron chi connectivity index (χ2n) is 22.6. The standard InChI is InChI=1S/C58H68FN11O5/c1-36(2)69-35-61-49-33-48(63-53(52(49)69)62-47-9-5-4-8-45(47)59)39-10-13-44-50(30-39)70(42-31-41(32-42)65-22-6-3-7-23-65)57(75)58(44)20-28-68(29-21-58)56(74)38-18-26-67(27-19-38)55(73)37-16-24-66(25-17-37)40-11-14-46(60-34-40)43-12-15-51(71)64-54(43)72/h4-5,8-11,13-14,30,33-38,41-43H,3,6-7,12,15-29,31-32H2,1-2H3,(H,62,63)(H,64,71,72)/t41-,42+,43?. The summed E-state index contributed by atoms with van der Waals surface area (Å²) in [5, 5.41) is 5.69. The number of hydrogen-bond donors (Lipinski definition) is 2. The van der Waals surface area contributed by atoms with Crippen LogP contribution in [0.5, 0.6) is 0 Å². The van der Waals surface area contributed by atoms with Gasteiger partial charge in [-0.1, -0.05) is 30.7 Å². The van der Waals surface area contributed by atoms with Gasteiger partial charge in [0.05, 0.1) is 52.1 Å². The summed E-state index contributed by atoms with van der Waals surface area (Å²) >= 11 is 0. The Balaban J connectivity index is 0.712. The van der Waals surface area contributed by atoms with Gasteiger partial charge < -0.3 is 34.4 Å². The molecule has 0 bridgehead atoms. The first-order valence-electron chi connectivity index (χ1n) is 27.7. The van der Waals surface area contributed by atoms with Gasteiger partial charge in [0.15, 0.2) is 5.82 Å². The van der Waals surface area contributed by atoms with Crippen molar-refractivity contribution < 1.29 is 28.4 Å². The third kappa shape index (κ3) is 9.11. The lowest BCUT2D eigenvalue weighted by Gasteiger charge is -2.48. The predicted molar refractivity (Wildman–Crippen MR) is 284 cm³/mol. The van der Waals surface area contributed by atoms with Crippen LogP contribution in [0.25, 0.3) is 22.3 Å². The molecule has 5 aromatic rings. The maximum Gasteiger partial charge on any atom is 0.238 e. The van der Waals surface area contributed by atoms with E-state index >= 15 is 9.18 Å². The summed E-state index contributed by atoms with van der Waals surface area (Å²) in [4.78, 5) is 92.9. The van der Waals surface area contributed by atoms with Crippen molar-refractivity contribution in [1.82, 2.24) is 39.5 Å². The molecule has 7 aliphatic rings. The van der Waals surface area contributed by atoms with E-state index in [2.05, 4.69) is 62.4 Å². The minimum Gasteiger partial charge on any atom is -0.370 e. The molecule has 9 heterocycles. The quantitative estimate of drug-likeness (QED) is 0.131. The second kappa shape index (κ2) is 20.1. The Bertz CT molecular complexity index is 3010. The number of carbonyl (C=O) groups is 5. The summed E-state index contributed by atoms with van der Waals surface area (Å²) in [5.41, 5.74) is 6.20. The number of hydrogen-bond acceptors (Lipinski definition) is 11. The normalized spacial score (nSPS) is 23.7. The van der Waals surface area contributed by atoms with Crippen LogP contribution in [0.15, 0.2) is 73.2 Å². The highest BCUT2D eigenvalue weighted by molar-refractivity contribution is 6.09. The maximum absolute atomic E-state index is 15.3. The molecule has 2 N–H and O–H groups in total. The van der Waals surface area contributed by atoms with Crippen molar-refractivity contribution in [3.8, 4) is 11.3 Å². The highest BCUT2D eigenvalue weighted by Gasteiger charge is 2.56. The summed E-state index contributed by atoms with van der Waals surface area (Å²) in [5.74, 6) is -0.633. The van der Waals surface area contributed by atoms with Gasteiger partial charge in [0, 0.05) is 86.9 Å². The number of imide groups is 1. The van der Waals surface area contributed by atoms with E-state index < -0.39 is 11.3 Å². The summed E-state index contributed by atoms with van der Waals surface area (Å²) < 4.78 is 17.2. The van der Waals surface area contributed by atoms with Gasteiger partial charge in [-0.3, -0.25) is 34.3 Å². The SMILES string of the molecule is CC(C)n1cnc2cc(-c3ccc4c(c3)N([C@H]3C[C@@H](N5CCCCC5)C3)C(=O)C43CCN(C(=O)C4CCN(C(=O)C5CCN(c6ccc(C7CCC(=O)NC7=O)nc6)CC5)CC4)CC3)nc(Nc3ccccc3F)c21. The van der Waals surface area contributed by atoms with Crippen LogP contribution in [-0.2, 0) is 29.4 Å². The van der Waals surface area contributed by atoms with Crippen LogP contribution < -0.4 is 20.4 Å². The van der Waals surface area contributed by atoms with Gasteiger partial charge in [-0.25, -0.2) is 14.4 Å². The fourth-order valence-electron chi connectivity index (χ4n) is 13.4. The minimum atomic E-state index is -0.743. The van der Waals surface area contributed by atoms with Gasteiger partial charge in [0.25, 0.3) is 0 Å². The molecule has 75 heavy (non-hydrogen) atoms. The molecule has 17 heteroatoms. The first kappa shape index (κ1) is 49.1. The van der Waals surface area contributed by atoms with E-state index in [4.69, 9.17) is 9.97 Å². The number of amides is 5. The van der Waals surface area contributed by atoms with E-state index in [1.54, 1.807) is 30.7 Å².